The van der Waals surface area contributed by atoms with E-state index in [4.69, 9.17) is 4.74 Å². The van der Waals surface area contributed by atoms with E-state index in [9.17, 15) is 0 Å². The Labute approximate surface area is 138 Å². The first-order valence-electron chi connectivity index (χ1n) is 8.29. The number of nitrogens with zero attached hydrogens (tertiary/aromatic N) is 2. The molecule has 4 heteroatoms. The van der Waals surface area contributed by atoms with Crippen LogP contribution in [0.2, 0.25) is 0 Å². The molecule has 1 fully saturated rings. The highest BCUT2D eigenvalue weighted by molar-refractivity contribution is 5.39. The van der Waals surface area contributed by atoms with Gasteiger partial charge in [-0.05, 0) is 54.8 Å². The highest BCUT2D eigenvalue weighted by atomic mass is 16.5. The Bertz CT molecular complexity index is 636. The first-order valence-corrected chi connectivity index (χ1v) is 8.29. The zero-order valence-corrected chi connectivity index (χ0v) is 14.0. The van der Waals surface area contributed by atoms with Crippen molar-refractivity contribution in [2.24, 2.45) is 0 Å². The van der Waals surface area contributed by atoms with Gasteiger partial charge in [0.15, 0.2) is 0 Å². The van der Waals surface area contributed by atoms with Crippen molar-refractivity contribution in [2.75, 3.05) is 33.3 Å². The Hall–Kier alpha value is -1.91. The lowest BCUT2D eigenvalue weighted by Gasteiger charge is -2.32. The zero-order valence-electron chi connectivity index (χ0n) is 14.0. The molecular formula is C19H25N3O. The highest BCUT2D eigenvalue weighted by Crippen LogP contribution is 2.32. The van der Waals surface area contributed by atoms with Crippen LogP contribution in [0.5, 0.6) is 5.75 Å². The molecule has 2 heterocycles. The molecule has 3 rings (SSSR count). The Morgan fingerprint density at radius 3 is 2.96 bits per heavy atom. The van der Waals surface area contributed by atoms with Gasteiger partial charge in [-0.15, -0.1) is 0 Å². The normalized spacial score (nSPS) is 17.5. The van der Waals surface area contributed by atoms with Gasteiger partial charge in [0.2, 0.25) is 0 Å². The van der Waals surface area contributed by atoms with Gasteiger partial charge < -0.3 is 10.1 Å². The first-order chi connectivity index (χ1) is 11.3. The SMILES string of the molecule is COc1cccc(C(c2ccncc2C)N2CCCNCC2)c1. The number of hydrogen-bond donors (Lipinski definition) is 1. The maximum Gasteiger partial charge on any atom is 0.119 e. The van der Waals surface area contributed by atoms with Crippen LogP contribution < -0.4 is 10.1 Å². The minimum absolute atomic E-state index is 0.244. The molecule has 0 spiro atoms. The molecule has 0 radical (unpaired) electrons. The lowest BCUT2D eigenvalue weighted by molar-refractivity contribution is 0.240. The van der Waals surface area contributed by atoms with Crippen molar-refractivity contribution >= 4 is 0 Å². The summed E-state index contributed by atoms with van der Waals surface area (Å²) in [5.41, 5.74) is 3.84. The quantitative estimate of drug-likeness (QED) is 0.942. The van der Waals surface area contributed by atoms with E-state index in [1.165, 1.54) is 23.1 Å². The van der Waals surface area contributed by atoms with E-state index in [2.05, 4.69) is 46.4 Å². The molecule has 0 amide bonds. The Morgan fingerprint density at radius 1 is 1.22 bits per heavy atom. The molecule has 0 saturated carbocycles. The molecule has 1 aliphatic rings. The Morgan fingerprint density at radius 2 is 2.13 bits per heavy atom. The largest absolute Gasteiger partial charge is 0.497 e. The molecule has 1 saturated heterocycles. The molecule has 0 bridgehead atoms. The van der Waals surface area contributed by atoms with Crippen LogP contribution in [0.3, 0.4) is 0 Å². The van der Waals surface area contributed by atoms with Gasteiger partial charge in [0.25, 0.3) is 0 Å². The average Bonchev–Trinajstić information content (AvgIpc) is 2.86. The zero-order chi connectivity index (χ0) is 16.1. The number of methoxy groups -OCH3 is 1. The minimum atomic E-state index is 0.244. The minimum Gasteiger partial charge on any atom is -0.497 e. The van der Waals surface area contributed by atoms with Crippen molar-refractivity contribution in [1.82, 2.24) is 15.2 Å². The van der Waals surface area contributed by atoms with Crippen LogP contribution in [0.4, 0.5) is 0 Å². The van der Waals surface area contributed by atoms with E-state index >= 15 is 0 Å². The van der Waals surface area contributed by atoms with Crippen LogP contribution in [0.1, 0.15) is 29.2 Å². The van der Waals surface area contributed by atoms with E-state index in [-0.39, 0.29) is 6.04 Å². The Kier molecular flexibility index (Phi) is 5.26. The third-order valence-electron chi connectivity index (χ3n) is 4.51. The molecular weight excluding hydrogens is 286 g/mol. The molecule has 4 nitrogen and oxygen atoms in total. The fraction of sp³-hybridized carbons (Fsp3) is 0.421. The van der Waals surface area contributed by atoms with Crippen molar-refractivity contribution in [3.05, 3.63) is 59.4 Å². The van der Waals surface area contributed by atoms with Crippen molar-refractivity contribution in [2.45, 2.75) is 19.4 Å². The van der Waals surface area contributed by atoms with E-state index in [0.717, 1.165) is 31.9 Å². The molecule has 0 aliphatic carbocycles. The van der Waals surface area contributed by atoms with Gasteiger partial charge in [0.1, 0.15) is 5.75 Å². The Balaban J connectivity index is 2.03. The van der Waals surface area contributed by atoms with Crippen LogP contribution >= 0.6 is 0 Å². The molecule has 23 heavy (non-hydrogen) atoms. The average molecular weight is 311 g/mol. The molecule has 1 aromatic carbocycles. The molecule has 1 unspecified atom stereocenters. The molecule has 1 aliphatic heterocycles. The molecule has 1 atom stereocenters. The second-order valence-electron chi connectivity index (χ2n) is 6.05. The van der Waals surface area contributed by atoms with Gasteiger partial charge in [0, 0.05) is 32.0 Å². The lowest BCUT2D eigenvalue weighted by atomic mass is 9.94. The van der Waals surface area contributed by atoms with Crippen LogP contribution in [0.15, 0.2) is 42.7 Å². The maximum absolute atomic E-state index is 5.44. The molecule has 122 valence electrons. The topological polar surface area (TPSA) is 37.4 Å². The highest BCUT2D eigenvalue weighted by Gasteiger charge is 2.24. The number of aryl methyl sites for hydroxylation is 1. The predicted octanol–water partition coefficient (Wildman–Crippen LogP) is 2.78. The number of aromatic nitrogens is 1. The van der Waals surface area contributed by atoms with Gasteiger partial charge in [-0.3, -0.25) is 9.88 Å². The van der Waals surface area contributed by atoms with E-state index < -0.39 is 0 Å². The monoisotopic (exact) mass is 311 g/mol. The van der Waals surface area contributed by atoms with Crippen LogP contribution in [-0.2, 0) is 0 Å². The fourth-order valence-corrected chi connectivity index (χ4v) is 3.31. The summed E-state index contributed by atoms with van der Waals surface area (Å²) in [7, 11) is 1.72. The van der Waals surface area contributed by atoms with Gasteiger partial charge in [-0.2, -0.15) is 0 Å². The summed E-state index contributed by atoms with van der Waals surface area (Å²) in [6.07, 6.45) is 5.02. The summed E-state index contributed by atoms with van der Waals surface area (Å²) < 4.78 is 5.44. The fourth-order valence-electron chi connectivity index (χ4n) is 3.31. The summed E-state index contributed by atoms with van der Waals surface area (Å²) in [5, 5.41) is 3.49. The van der Waals surface area contributed by atoms with E-state index in [1.54, 1.807) is 7.11 Å². The third-order valence-corrected chi connectivity index (χ3v) is 4.51. The van der Waals surface area contributed by atoms with E-state index in [0.29, 0.717) is 0 Å². The van der Waals surface area contributed by atoms with Crippen molar-refractivity contribution in [3.63, 3.8) is 0 Å². The number of ether oxygens (including phenoxy) is 1. The number of pyridine rings is 1. The summed E-state index contributed by atoms with van der Waals surface area (Å²) in [5.74, 6) is 0.909. The number of nitrogens with one attached hydrogen (secondary N) is 1. The van der Waals surface area contributed by atoms with Gasteiger partial charge >= 0.3 is 0 Å². The molecule has 2 aromatic rings. The summed E-state index contributed by atoms with van der Waals surface area (Å²) >= 11 is 0. The van der Waals surface area contributed by atoms with Crippen molar-refractivity contribution in [1.29, 1.82) is 0 Å². The van der Waals surface area contributed by atoms with Crippen LogP contribution in [0, 0.1) is 6.92 Å². The number of hydrogen-bond acceptors (Lipinski definition) is 4. The standard InChI is InChI=1S/C19H25N3O/c1-15-14-21-9-7-18(15)19(22-11-4-8-20-10-12-22)16-5-3-6-17(13-16)23-2/h3,5-7,9,13-14,19-20H,4,8,10-12H2,1-2H3. The molecule has 1 N–H and O–H groups in total. The van der Waals surface area contributed by atoms with Gasteiger partial charge in [-0.25, -0.2) is 0 Å². The smallest absolute Gasteiger partial charge is 0.119 e. The van der Waals surface area contributed by atoms with E-state index in [1.807, 2.05) is 18.5 Å². The van der Waals surface area contributed by atoms with Crippen LogP contribution in [-0.4, -0.2) is 43.2 Å². The van der Waals surface area contributed by atoms with Crippen molar-refractivity contribution < 1.29 is 4.74 Å². The summed E-state index contributed by atoms with van der Waals surface area (Å²) in [6.45, 7) is 6.41. The first kappa shape index (κ1) is 16.0. The maximum atomic E-state index is 5.44. The van der Waals surface area contributed by atoms with Gasteiger partial charge in [0.05, 0.1) is 13.2 Å². The van der Waals surface area contributed by atoms with Gasteiger partial charge in [-0.1, -0.05) is 12.1 Å². The predicted molar refractivity (Wildman–Crippen MR) is 92.9 cm³/mol. The number of rotatable bonds is 4. The molecule has 1 aromatic heterocycles. The van der Waals surface area contributed by atoms with Crippen LogP contribution in [0.25, 0.3) is 0 Å². The lowest BCUT2D eigenvalue weighted by Crippen LogP contribution is -2.33. The second kappa shape index (κ2) is 7.57. The summed E-state index contributed by atoms with van der Waals surface area (Å²) in [6, 6.07) is 10.8. The second-order valence-corrected chi connectivity index (χ2v) is 6.05. The third kappa shape index (κ3) is 3.71. The summed E-state index contributed by atoms with van der Waals surface area (Å²) in [4.78, 5) is 6.83. The van der Waals surface area contributed by atoms with Crippen molar-refractivity contribution in [3.8, 4) is 5.75 Å². The number of benzene rings is 1.